The Bertz CT molecular complexity index is 6990. The van der Waals surface area contributed by atoms with Gasteiger partial charge < -0.3 is 34.0 Å². The Hall–Kier alpha value is -14.1. The molecule has 0 spiro atoms. The Morgan fingerprint density at radius 2 is 0.910 bits per heavy atom. The molecular formula is C101H77F6Ir4N13O9S-4. The normalized spacial score (nSPS) is 10.2. The first kappa shape index (κ1) is 105. The van der Waals surface area contributed by atoms with Crippen LogP contribution >= 0.6 is 11.3 Å². The van der Waals surface area contributed by atoms with Crippen LogP contribution in [0.5, 0.6) is 0 Å². The van der Waals surface area contributed by atoms with Gasteiger partial charge in [-0.3, -0.25) is 43.4 Å². The van der Waals surface area contributed by atoms with Crippen LogP contribution in [0.25, 0.3) is 123 Å². The van der Waals surface area contributed by atoms with Gasteiger partial charge in [0, 0.05) is 177 Å². The molecule has 0 bridgehead atoms. The molecule has 8 aromatic heterocycles. The minimum absolute atomic E-state index is 0. The summed E-state index contributed by atoms with van der Waals surface area (Å²) in [5, 5.41) is 40.1. The molecule has 0 saturated carbocycles. The Kier molecular flexibility index (Phi) is 38.4. The van der Waals surface area contributed by atoms with Gasteiger partial charge in [0.2, 0.25) is 10.8 Å². The molecule has 0 saturated heterocycles. The van der Waals surface area contributed by atoms with Crippen LogP contribution in [0.1, 0.15) is 80.0 Å². The van der Waals surface area contributed by atoms with E-state index in [1.807, 2.05) is 110 Å². The fraction of sp³-hybridized carbons (Fsp3) is 0.0792. The maximum absolute atomic E-state index is 13.6. The number of hydrogen-bond acceptors (Lipinski definition) is 16. The minimum atomic E-state index is -1.05. The molecule has 19 aromatic rings. The van der Waals surface area contributed by atoms with E-state index in [1.54, 1.807) is 63.2 Å². The Morgan fingerprint density at radius 1 is 0.455 bits per heavy atom. The molecule has 134 heavy (non-hydrogen) atoms. The van der Waals surface area contributed by atoms with Crippen LogP contribution in [-0.2, 0) is 94.5 Å². The third kappa shape index (κ3) is 26.9. The predicted octanol–water partition coefficient (Wildman–Crippen LogP) is 22.0. The monoisotopic (exact) mass is 2530 g/mol. The van der Waals surface area contributed by atoms with E-state index in [9.17, 15) is 45.5 Å². The smallest absolute Gasteiger partial charge is 0.372 e. The SMILES string of the molecule is Cc1c(C(=O)O)nn(C)c1C.Cc1cc2nc(-c3[c-]cccc3)c(-c3ccccc3)nc2cc1C.Cc1cnc(C(=O)O)s1.Cc1ocnc1C(=O)O.Cn1ccnc1C(=O)O.Fc1c[c-]c(-c2nc3cc(F)c(F)cc3nc2-c2ccc(F)cc2)cc1.Fc1c[c-]c(-c2nc3ccccc3nc2-c2ccc(F)cc2)cc1.[CH2-]c1ccccc1-c1c2ccccc2cc[n+]1[CH2-].[Ir].[Ir].[Ir].[Ir]. The summed E-state index contributed by atoms with van der Waals surface area (Å²) in [6.07, 6.45) is 7.68. The Balaban J connectivity index is 0.000000194. The van der Waals surface area contributed by atoms with Gasteiger partial charge in [0.15, 0.2) is 29.4 Å². The fourth-order valence-corrected chi connectivity index (χ4v) is 13.4. The van der Waals surface area contributed by atoms with E-state index in [-0.39, 0.29) is 125 Å². The van der Waals surface area contributed by atoms with Crippen molar-refractivity contribution in [3.63, 3.8) is 0 Å². The molecule has 8 heterocycles. The molecule has 0 amide bonds. The second-order valence-corrected chi connectivity index (χ2v) is 29.8. The number of imidazole rings is 1. The Labute approximate surface area is 823 Å². The quantitative estimate of drug-likeness (QED) is 0.0531. The number of aromatic carboxylic acids is 4. The molecule has 0 aliphatic rings. The number of aryl methyl sites for hydroxylation is 6. The van der Waals surface area contributed by atoms with Crippen molar-refractivity contribution in [1.82, 2.24) is 59.2 Å². The molecule has 688 valence electrons. The predicted molar refractivity (Wildman–Crippen MR) is 484 cm³/mol. The van der Waals surface area contributed by atoms with Crippen molar-refractivity contribution in [2.45, 2.75) is 41.5 Å². The van der Waals surface area contributed by atoms with Crippen LogP contribution in [0.3, 0.4) is 0 Å². The van der Waals surface area contributed by atoms with Gasteiger partial charge in [0.1, 0.15) is 17.4 Å². The standard InChI is InChI=1S/C22H17N2.C20H9F4N2.C20H11F2N2.C17H14N.C7H10N2O2.C5H6N2O2.C5H5NO3.C5H5NO2S.4Ir/c1-15-13-19-20(14-16(15)2)24-22(18-11-7-4-8-12-18)21(23-19)17-9-5-3-6-10-17;21-13-5-1-11(2-6-13)19-20(12-3-7-14(22)8-4-12)26-18-10-16(24)15(23)9-17(18)25-19;21-15-9-5-13(6-10-15)19-20(14-7-11-16(22)12-8-14)24-18-4-2-1-3-17(18)23-19;1-13-7-3-5-9-15(13)17-16-10-6-4-8-14(16)11-12-18(17)2;1-4-5(2)9(3)8-6(4)7(10)11;1-7-3-2-6-4(7)5(8)9;1-3-4(5(7)8)6-2-9-3;1-3-2-6-4(9-3)5(7)8;;;;/h3-11,13-14H,1-2H3;1-3,5-10H;1-7,9-12H;3-12H,1-2H2;1-3H3,(H,10,11);2-3H,1H3,(H,8,9);2*2H,1H3,(H,7,8);;;;/q4*-1;;;;;;;;. The molecule has 33 heteroatoms. The average Bonchev–Trinajstić information content (AvgIpc) is 1.27. The number of pyridine rings is 1. The van der Waals surface area contributed by atoms with Gasteiger partial charge in [0.25, 0.3) is 0 Å². The molecule has 4 radical (unpaired) electrons. The van der Waals surface area contributed by atoms with Crippen LogP contribution in [0.15, 0.2) is 278 Å². The Morgan fingerprint density at radius 3 is 1.31 bits per heavy atom. The van der Waals surface area contributed by atoms with Crippen molar-refractivity contribution in [1.29, 1.82) is 0 Å². The molecule has 19 rings (SSSR count). The van der Waals surface area contributed by atoms with Gasteiger partial charge in [-0.15, -0.1) is 125 Å². The number of carbonyl (C=O) groups is 4. The molecular weight excluding hydrogens is 2450 g/mol. The summed E-state index contributed by atoms with van der Waals surface area (Å²) in [6, 6.07) is 78.9. The number of carboxylic acids is 4. The van der Waals surface area contributed by atoms with Crippen molar-refractivity contribution in [2.75, 3.05) is 0 Å². The third-order valence-corrected chi connectivity index (χ3v) is 20.6. The van der Waals surface area contributed by atoms with Crippen molar-refractivity contribution >= 4 is 79.1 Å². The molecule has 0 aliphatic heterocycles. The van der Waals surface area contributed by atoms with Gasteiger partial charge in [0.05, 0.1) is 62.1 Å². The van der Waals surface area contributed by atoms with E-state index in [2.05, 4.69) is 151 Å². The molecule has 4 N–H and O–H groups in total. The summed E-state index contributed by atoms with van der Waals surface area (Å²) in [5.41, 5.74) is 19.0. The molecule has 0 atom stereocenters. The number of halogens is 6. The largest absolute Gasteiger partial charge is 0.476 e. The van der Waals surface area contributed by atoms with Crippen molar-refractivity contribution in [3.8, 4) is 78.8 Å². The van der Waals surface area contributed by atoms with Crippen molar-refractivity contribution in [3.05, 3.63) is 402 Å². The maximum atomic E-state index is 13.6. The zero-order valence-electron chi connectivity index (χ0n) is 72.0. The van der Waals surface area contributed by atoms with Crippen LogP contribution in [0, 0.1) is 109 Å². The number of benzene rings is 11. The number of oxazole rings is 1. The summed E-state index contributed by atoms with van der Waals surface area (Å²) in [5.74, 6) is -7.24. The van der Waals surface area contributed by atoms with Gasteiger partial charge >= 0.3 is 23.9 Å². The van der Waals surface area contributed by atoms with Crippen LogP contribution < -0.4 is 4.57 Å². The zero-order valence-corrected chi connectivity index (χ0v) is 82.4. The molecule has 0 unspecified atom stereocenters. The number of fused-ring (bicyclic) bond motifs is 4. The van der Waals surface area contributed by atoms with E-state index in [4.69, 9.17) is 30.4 Å². The van der Waals surface area contributed by atoms with E-state index in [0.717, 1.165) is 108 Å². The summed E-state index contributed by atoms with van der Waals surface area (Å²) >= 11 is 1.19. The topological polar surface area (TPSA) is 305 Å². The summed E-state index contributed by atoms with van der Waals surface area (Å²) in [7, 11) is 7.44. The van der Waals surface area contributed by atoms with Crippen molar-refractivity contribution in [2.24, 2.45) is 14.1 Å². The minimum Gasteiger partial charge on any atom is -0.476 e. The van der Waals surface area contributed by atoms with E-state index < -0.39 is 47.1 Å². The molecule has 0 fully saturated rings. The second kappa shape index (κ2) is 48.9. The number of rotatable bonds is 11. The molecule has 11 aromatic carbocycles. The van der Waals surface area contributed by atoms with Gasteiger partial charge in [-0.1, -0.05) is 97.1 Å². The summed E-state index contributed by atoms with van der Waals surface area (Å²) in [6.45, 7) is 15.3. The number of aromatic nitrogens is 13. The van der Waals surface area contributed by atoms with E-state index >= 15 is 0 Å². The van der Waals surface area contributed by atoms with Gasteiger partial charge in [-0.25, -0.2) is 51.7 Å². The number of para-hydroxylation sites is 2. The van der Waals surface area contributed by atoms with Gasteiger partial charge in [-0.2, -0.15) is 23.7 Å². The summed E-state index contributed by atoms with van der Waals surface area (Å²) in [4.78, 5) is 80.6. The number of thiazole rings is 1. The van der Waals surface area contributed by atoms with Crippen LogP contribution in [0.4, 0.5) is 26.3 Å². The molecule has 0 aliphatic carbocycles. The van der Waals surface area contributed by atoms with Crippen LogP contribution in [0.2, 0.25) is 0 Å². The summed E-state index contributed by atoms with van der Waals surface area (Å²) < 4.78 is 89.6. The zero-order chi connectivity index (χ0) is 93.0. The second-order valence-electron chi connectivity index (χ2n) is 28.6. The first-order valence-corrected chi connectivity index (χ1v) is 40.2. The number of carboxylic acid groups (broad SMARTS) is 4. The van der Waals surface area contributed by atoms with Crippen LogP contribution in [-0.4, -0.2) is 104 Å². The maximum Gasteiger partial charge on any atom is 0.372 e. The van der Waals surface area contributed by atoms with Crippen molar-refractivity contribution < 1.29 is 155 Å². The number of hydrogen-bond donors (Lipinski definition) is 4. The first-order valence-electron chi connectivity index (χ1n) is 39.4. The third-order valence-electron chi connectivity index (χ3n) is 19.7. The fourth-order valence-electron chi connectivity index (χ4n) is 12.8. The number of nitrogens with zero attached hydrogens (tertiary/aromatic N) is 13. The average molecular weight is 2530 g/mol. The van der Waals surface area contributed by atoms with E-state index in [0.29, 0.717) is 45.2 Å². The molecule has 22 nitrogen and oxygen atoms in total. The first-order chi connectivity index (χ1) is 62.4. The van der Waals surface area contributed by atoms with E-state index in [1.165, 1.54) is 105 Å². The van der Waals surface area contributed by atoms with Gasteiger partial charge in [-0.05, 0) is 135 Å².